The second-order valence-electron chi connectivity index (χ2n) is 4.62. The van der Waals surface area contributed by atoms with Crippen LogP contribution in [0.3, 0.4) is 0 Å². The lowest BCUT2D eigenvalue weighted by Gasteiger charge is -2.35. The predicted octanol–water partition coefficient (Wildman–Crippen LogP) is 2.07. The minimum atomic E-state index is -0.200. The topological polar surface area (TPSA) is 38.5 Å². The van der Waals surface area contributed by atoms with Gasteiger partial charge in [0, 0.05) is 18.6 Å². The van der Waals surface area contributed by atoms with Crippen LogP contribution in [0.2, 0.25) is 0 Å². The fourth-order valence-corrected chi connectivity index (χ4v) is 2.12. The molecule has 3 nitrogen and oxygen atoms in total. The zero-order valence-corrected chi connectivity index (χ0v) is 10.3. The van der Waals surface area contributed by atoms with Gasteiger partial charge in [0.2, 0.25) is 0 Å². The highest BCUT2D eigenvalue weighted by Crippen LogP contribution is 2.25. The van der Waals surface area contributed by atoms with Crippen molar-refractivity contribution in [2.24, 2.45) is 5.73 Å². The molecule has 1 aliphatic rings. The average molecular weight is 238 g/mol. The van der Waals surface area contributed by atoms with Crippen LogP contribution in [0.5, 0.6) is 0 Å². The Morgan fingerprint density at radius 2 is 2.29 bits per heavy atom. The van der Waals surface area contributed by atoms with E-state index in [1.54, 1.807) is 0 Å². The lowest BCUT2D eigenvalue weighted by Crippen LogP contribution is -2.44. The van der Waals surface area contributed by atoms with E-state index >= 15 is 0 Å². The third-order valence-electron chi connectivity index (χ3n) is 3.17. The van der Waals surface area contributed by atoms with Crippen molar-refractivity contribution in [2.75, 3.05) is 24.7 Å². The summed E-state index contributed by atoms with van der Waals surface area (Å²) in [4.78, 5) is 2.05. The van der Waals surface area contributed by atoms with Gasteiger partial charge >= 0.3 is 0 Å². The molecule has 0 aromatic heterocycles. The number of nitrogens with two attached hydrogens (primary N) is 1. The van der Waals surface area contributed by atoms with E-state index in [2.05, 4.69) is 0 Å². The van der Waals surface area contributed by atoms with Crippen LogP contribution in [0, 0.1) is 5.82 Å². The molecule has 1 saturated heterocycles. The third-order valence-corrected chi connectivity index (χ3v) is 3.17. The number of nitrogens with zero attached hydrogens (tertiary/aromatic N) is 1. The van der Waals surface area contributed by atoms with Crippen molar-refractivity contribution in [1.29, 1.82) is 0 Å². The van der Waals surface area contributed by atoms with Crippen molar-refractivity contribution < 1.29 is 9.13 Å². The molecule has 0 radical (unpaired) electrons. The SMILES string of the molecule is CC1COCCN1c1ccc([C@@H](C)N)cc1F. The van der Waals surface area contributed by atoms with E-state index in [1.165, 1.54) is 6.07 Å². The Hall–Kier alpha value is -1.13. The summed E-state index contributed by atoms with van der Waals surface area (Å²) in [6, 6.07) is 5.31. The molecule has 1 aromatic rings. The first kappa shape index (κ1) is 12.3. The molecular weight excluding hydrogens is 219 g/mol. The highest BCUT2D eigenvalue weighted by Gasteiger charge is 2.21. The van der Waals surface area contributed by atoms with E-state index in [9.17, 15) is 4.39 Å². The van der Waals surface area contributed by atoms with Gasteiger partial charge in [-0.2, -0.15) is 0 Å². The van der Waals surface area contributed by atoms with Gasteiger partial charge in [-0.05, 0) is 31.5 Å². The Balaban J connectivity index is 2.26. The first-order chi connectivity index (χ1) is 8.09. The number of anilines is 1. The van der Waals surface area contributed by atoms with Gasteiger partial charge in [0.05, 0.1) is 18.9 Å². The first-order valence-corrected chi connectivity index (χ1v) is 5.99. The summed E-state index contributed by atoms with van der Waals surface area (Å²) in [7, 11) is 0. The van der Waals surface area contributed by atoms with Crippen LogP contribution in [0.4, 0.5) is 10.1 Å². The Morgan fingerprint density at radius 1 is 1.53 bits per heavy atom. The van der Waals surface area contributed by atoms with Gasteiger partial charge in [-0.25, -0.2) is 4.39 Å². The molecule has 1 aromatic carbocycles. The molecule has 0 amide bonds. The Morgan fingerprint density at radius 3 is 2.88 bits per heavy atom. The van der Waals surface area contributed by atoms with Crippen LogP contribution < -0.4 is 10.6 Å². The van der Waals surface area contributed by atoms with Crippen molar-refractivity contribution in [1.82, 2.24) is 0 Å². The molecule has 1 aliphatic heterocycles. The molecule has 1 fully saturated rings. The summed E-state index contributed by atoms with van der Waals surface area (Å²) in [5.41, 5.74) is 7.21. The van der Waals surface area contributed by atoms with Gasteiger partial charge in [-0.15, -0.1) is 0 Å². The van der Waals surface area contributed by atoms with Crippen LogP contribution in [0.1, 0.15) is 25.5 Å². The molecule has 0 spiro atoms. The van der Waals surface area contributed by atoms with E-state index in [0.29, 0.717) is 18.9 Å². The number of benzene rings is 1. The van der Waals surface area contributed by atoms with Crippen molar-refractivity contribution in [2.45, 2.75) is 25.9 Å². The standard InChI is InChI=1S/C13H19FN2O/c1-9-8-17-6-5-16(9)13-4-3-11(10(2)15)7-12(13)14/h3-4,7,9-10H,5-6,8,15H2,1-2H3/t9?,10-/m1/s1. The Labute approximate surface area is 101 Å². The molecule has 0 aliphatic carbocycles. The molecular formula is C13H19FN2O. The molecule has 2 rings (SSSR count). The zero-order chi connectivity index (χ0) is 12.4. The van der Waals surface area contributed by atoms with E-state index < -0.39 is 0 Å². The van der Waals surface area contributed by atoms with Crippen LogP contribution in [0.15, 0.2) is 18.2 Å². The summed E-state index contributed by atoms with van der Waals surface area (Å²) >= 11 is 0. The van der Waals surface area contributed by atoms with Crippen LogP contribution in [-0.4, -0.2) is 25.8 Å². The average Bonchev–Trinajstić information content (AvgIpc) is 2.30. The van der Waals surface area contributed by atoms with Gasteiger partial charge in [-0.3, -0.25) is 0 Å². The maximum atomic E-state index is 14.0. The monoisotopic (exact) mass is 238 g/mol. The molecule has 17 heavy (non-hydrogen) atoms. The molecule has 0 bridgehead atoms. The third kappa shape index (κ3) is 2.58. The number of rotatable bonds is 2. The van der Waals surface area contributed by atoms with Gasteiger partial charge in [0.15, 0.2) is 0 Å². The van der Waals surface area contributed by atoms with Crippen LogP contribution >= 0.6 is 0 Å². The maximum Gasteiger partial charge on any atom is 0.146 e. The van der Waals surface area contributed by atoms with Crippen molar-refractivity contribution >= 4 is 5.69 Å². The van der Waals surface area contributed by atoms with Crippen molar-refractivity contribution in [3.8, 4) is 0 Å². The number of morpholine rings is 1. The summed E-state index contributed by atoms with van der Waals surface area (Å²) in [5, 5.41) is 0. The number of hydrogen-bond acceptors (Lipinski definition) is 3. The summed E-state index contributed by atoms with van der Waals surface area (Å²) in [6.45, 7) is 5.92. The molecule has 2 N–H and O–H groups in total. The lowest BCUT2D eigenvalue weighted by molar-refractivity contribution is 0.0986. The second-order valence-corrected chi connectivity index (χ2v) is 4.62. The number of ether oxygens (including phenoxy) is 1. The maximum absolute atomic E-state index is 14.0. The fraction of sp³-hybridized carbons (Fsp3) is 0.538. The number of halogens is 1. The van der Waals surface area contributed by atoms with E-state index in [0.717, 1.165) is 12.1 Å². The molecule has 1 unspecified atom stereocenters. The van der Waals surface area contributed by atoms with Gasteiger partial charge in [0.25, 0.3) is 0 Å². The smallest absolute Gasteiger partial charge is 0.146 e. The summed E-state index contributed by atoms with van der Waals surface area (Å²) in [5.74, 6) is -0.200. The molecule has 1 heterocycles. The Bertz CT molecular complexity index is 395. The molecule has 4 heteroatoms. The number of hydrogen-bond donors (Lipinski definition) is 1. The molecule has 0 saturated carbocycles. The summed E-state index contributed by atoms with van der Waals surface area (Å²) in [6.07, 6.45) is 0. The summed E-state index contributed by atoms with van der Waals surface area (Å²) < 4.78 is 19.4. The normalized spacial score (nSPS) is 22.6. The lowest BCUT2D eigenvalue weighted by atomic mass is 10.1. The zero-order valence-electron chi connectivity index (χ0n) is 10.3. The second kappa shape index (κ2) is 5.02. The van der Waals surface area contributed by atoms with Gasteiger partial charge in [-0.1, -0.05) is 6.07 Å². The minimum Gasteiger partial charge on any atom is -0.377 e. The highest BCUT2D eigenvalue weighted by molar-refractivity contribution is 5.50. The van der Waals surface area contributed by atoms with Gasteiger partial charge < -0.3 is 15.4 Å². The molecule has 2 atom stereocenters. The van der Waals surface area contributed by atoms with E-state index in [1.807, 2.05) is 30.9 Å². The Kier molecular flexibility index (Phi) is 3.64. The first-order valence-electron chi connectivity index (χ1n) is 5.99. The fourth-order valence-electron chi connectivity index (χ4n) is 2.12. The van der Waals surface area contributed by atoms with Crippen LogP contribution in [-0.2, 0) is 4.74 Å². The largest absolute Gasteiger partial charge is 0.377 e. The molecule has 94 valence electrons. The van der Waals surface area contributed by atoms with Crippen LogP contribution in [0.25, 0.3) is 0 Å². The van der Waals surface area contributed by atoms with Crippen molar-refractivity contribution in [3.05, 3.63) is 29.6 Å². The predicted molar refractivity (Wildman–Crippen MR) is 66.6 cm³/mol. The van der Waals surface area contributed by atoms with E-state index in [4.69, 9.17) is 10.5 Å². The van der Waals surface area contributed by atoms with Gasteiger partial charge in [0.1, 0.15) is 5.82 Å². The highest BCUT2D eigenvalue weighted by atomic mass is 19.1. The van der Waals surface area contributed by atoms with E-state index in [-0.39, 0.29) is 17.9 Å². The quantitative estimate of drug-likeness (QED) is 0.857. The minimum absolute atomic E-state index is 0.138. The van der Waals surface area contributed by atoms with Crippen molar-refractivity contribution in [3.63, 3.8) is 0 Å².